The Morgan fingerprint density at radius 1 is 1.22 bits per heavy atom. The number of ketones is 1. The Labute approximate surface area is 215 Å². The van der Waals surface area contributed by atoms with Crippen LogP contribution in [0.4, 0.5) is 5.69 Å². The molecule has 1 heterocycles. The van der Waals surface area contributed by atoms with Crippen LogP contribution in [0, 0.1) is 24.0 Å². The number of methoxy groups -OCH3 is 1. The molecule has 1 aromatic carbocycles. The summed E-state index contributed by atoms with van der Waals surface area (Å²) in [6, 6.07) is 2.88. The third-order valence-electron chi connectivity index (χ3n) is 6.74. The van der Waals surface area contributed by atoms with E-state index in [-0.39, 0.29) is 21.2 Å². The molecule has 1 saturated carbocycles. The number of carbonyl (C=O) groups excluding carboxylic acids is 2. The average Bonchev–Trinajstić information content (AvgIpc) is 3.11. The van der Waals surface area contributed by atoms with Gasteiger partial charge in [0.15, 0.2) is 5.78 Å². The summed E-state index contributed by atoms with van der Waals surface area (Å²) < 4.78 is 35.3. The molecule has 0 unspecified atom stereocenters. The first-order valence-electron chi connectivity index (χ1n) is 11.7. The number of nitro groups is 1. The Morgan fingerprint density at radius 2 is 1.86 bits per heavy atom. The second-order valence-electron chi connectivity index (χ2n) is 8.81. The van der Waals surface area contributed by atoms with Gasteiger partial charge in [0.25, 0.3) is 5.69 Å². The van der Waals surface area contributed by atoms with Gasteiger partial charge >= 0.3 is 5.97 Å². The predicted octanol–water partition coefficient (Wildman–Crippen LogP) is 4.68. The minimum absolute atomic E-state index is 0.179. The van der Waals surface area contributed by atoms with Crippen molar-refractivity contribution in [1.29, 1.82) is 0 Å². The number of carbonyl (C=O) groups is 2. The van der Waals surface area contributed by atoms with Crippen LogP contribution in [0.1, 0.15) is 71.1 Å². The highest BCUT2D eigenvalue weighted by Crippen LogP contribution is 2.33. The molecule has 1 aliphatic carbocycles. The Kier molecular flexibility index (Phi) is 8.58. The van der Waals surface area contributed by atoms with E-state index < -0.39 is 45.0 Å². The minimum atomic E-state index is -4.28. The number of rotatable bonds is 9. The molecule has 1 fully saturated rings. The number of benzene rings is 1. The van der Waals surface area contributed by atoms with Gasteiger partial charge in [-0.3, -0.25) is 14.9 Å². The highest BCUT2D eigenvalue weighted by Gasteiger charge is 2.37. The first-order valence-corrected chi connectivity index (χ1v) is 13.5. The summed E-state index contributed by atoms with van der Waals surface area (Å²) in [5.41, 5.74) is 0.969. The molecular weight excluding hydrogens is 510 g/mol. The maximum atomic E-state index is 13.8. The number of sulfonamides is 1. The van der Waals surface area contributed by atoms with E-state index in [0.29, 0.717) is 30.6 Å². The average molecular weight is 540 g/mol. The van der Waals surface area contributed by atoms with Crippen molar-refractivity contribution in [2.75, 3.05) is 13.7 Å². The van der Waals surface area contributed by atoms with Gasteiger partial charge in [0, 0.05) is 29.9 Å². The van der Waals surface area contributed by atoms with Crippen molar-refractivity contribution in [3.8, 4) is 0 Å². The van der Waals surface area contributed by atoms with Gasteiger partial charge in [-0.15, -0.1) is 0 Å². The van der Waals surface area contributed by atoms with Gasteiger partial charge < -0.3 is 9.30 Å². The summed E-state index contributed by atoms with van der Waals surface area (Å²) in [4.78, 5) is 36.4. The van der Waals surface area contributed by atoms with Crippen LogP contribution >= 0.6 is 11.6 Å². The molecule has 0 saturated heterocycles. The Balaban J connectivity index is 2.09. The van der Waals surface area contributed by atoms with Crippen molar-refractivity contribution in [3.63, 3.8) is 0 Å². The number of halogens is 1. The van der Waals surface area contributed by atoms with Crippen molar-refractivity contribution >= 4 is 39.1 Å². The van der Waals surface area contributed by atoms with Crippen LogP contribution in [0.3, 0.4) is 0 Å². The molecule has 0 radical (unpaired) electrons. The Hall–Kier alpha value is -2.76. The molecule has 1 aliphatic rings. The van der Waals surface area contributed by atoms with Crippen LogP contribution in [-0.4, -0.2) is 53.7 Å². The summed E-state index contributed by atoms with van der Waals surface area (Å²) in [5, 5.41) is 11.2. The van der Waals surface area contributed by atoms with Crippen molar-refractivity contribution in [2.45, 2.75) is 70.4 Å². The van der Waals surface area contributed by atoms with Gasteiger partial charge in [-0.05, 0) is 51.3 Å². The van der Waals surface area contributed by atoms with Gasteiger partial charge in [-0.2, -0.15) is 4.31 Å². The molecule has 0 amide bonds. The van der Waals surface area contributed by atoms with Crippen molar-refractivity contribution in [3.05, 3.63) is 55.9 Å². The molecule has 0 spiro atoms. The second kappa shape index (κ2) is 11.1. The van der Waals surface area contributed by atoms with Gasteiger partial charge in [0.1, 0.15) is 10.7 Å². The lowest BCUT2D eigenvalue weighted by molar-refractivity contribution is -0.384. The van der Waals surface area contributed by atoms with Crippen LogP contribution in [0.15, 0.2) is 23.1 Å². The number of Topliss-reactive ketones (excluding diaryl/α,β-unsaturated/α-hetero) is 1. The van der Waals surface area contributed by atoms with E-state index in [0.717, 1.165) is 29.6 Å². The first kappa shape index (κ1) is 27.8. The van der Waals surface area contributed by atoms with Crippen molar-refractivity contribution < 1.29 is 27.7 Å². The molecule has 0 bridgehead atoms. The number of hydrogen-bond acceptors (Lipinski definition) is 7. The lowest BCUT2D eigenvalue weighted by Crippen LogP contribution is -2.44. The van der Waals surface area contributed by atoms with Gasteiger partial charge in [-0.1, -0.05) is 30.9 Å². The number of nitro benzene ring substituents is 1. The summed E-state index contributed by atoms with van der Waals surface area (Å²) in [6.45, 7) is 5.14. The van der Waals surface area contributed by atoms with E-state index in [9.17, 15) is 28.1 Å². The largest absolute Gasteiger partial charge is 0.464 e. The standard InChI is InChI=1S/C24H30ClN3O7S/c1-5-26-16(3)22(15(2)23(26)24(30)35-4)21(29)14-27(17-9-7-6-8-10-17)36(33,34)18-11-12-19(25)20(13-18)28(31)32/h11-13,17H,5-10,14H2,1-4H3. The van der Waals surface area contributed by atoms with E-state index >= 15 is 0 Å². The summed E-state index contributed by atoms with van der Waals surface area (Å²) >= 11 is 5.89. The number of ether oxygens (including phenoxy) is 1. The van der Waals surface area contributed by atoms with E-state index in [1.165, 1.54) is 19.2 Å². The summed E-state index contributed by atoms with van der Waals surface area (Å²) in [6.07, 6.45) is 3.72. The number of esters is 1. The van der Waals surface area contributed by atoms with Crippen LogP contribution in [0.25, 0.3) is 0 Å². The van der Waals surface area contributed by atoms with E-state index in [1.807, 2.05) is 6.92 Å². The first-order chi connectivity index (χ1) is 16.9. The maximum absolute atomic E-state index is 13.8. The zero-order chi connectivity index (χ0) is 26.8. The van der Waals surface area contributed by atoms with Crippen molar-refractivity contribution in [2.24, 2.45) is 0 Å². The van der Waals surface area contributed by atoms with Gasteiger partial charge in [-0.25, -0.2) is 13.2 Å². The topological polar surface area (TPSA) is 129 Å². The number of hydrogen-bond donors (Lipinski definition) is 0. The lowest BCUT2D eigenvalue weighted by Gasteiger charge is -2.33. The van der Waals surface area contributed by atoms with Crippen LogP contribution in [-0.2, 0) is 21.3 Å². The monoisotopic (exact) mass is 539 g/mol. The molecule has 0 N–H and O–H groups in total. The van der Waals surface area contributed by atoms with E-state index in [4.69, 9.17) is 16.3 Å². The maximum Gasteiger partial charge on any atom is 0.354 e. The quantitative estimate of drug-likeness (QED) is 0.196. The third-order valence-corrected chi connectivity index (χ3v) is 8.96. The molecule has 12 heteroatoms. The fraction of sp³-hybridized carbons (Fsp3) is 0.500. The minimum Gasteiger partial charge on any atom is -0.464 e. The van der Waals surface area contributed by atoms with Crippen molar-refractivity contribution in [1.82, 2.24) is 8.87 Å². The third kappa shape index (κ3) is 5.18. The fourth-order valence-electron chi connectivity index (χ4n) is 4.99. The smallest absolute Gasteiger partial charge is 0.354 e. The fourth-order valence-corrected chi connectivity index (χ4v) is 6.84. The Bertz CT molecular complexity index is 1300. The summed E-state index contributed by atoms with van der Waals surface area (Å²) in [5.74, 6) is -1.04. The normalized spacial score (nSPS) is 14.7. The zero-order valence-corrected chi connectivity index (χ0v) is 22.3. The van der Waals surface area contributed by atoms with Gasteiger partial charge in [0.2, 0.25) is 10.0 Å². The molecule has 2 aromatic rings. The van der Waals surface area contributed by atoms with Crippen LogP contribution < -0.4 is 0 Å². The van der Waals surface area contributed by atoms with Crippen LogP contribution in [0.2, 0.25) is 5.02 Å². The van der Waals surface area contributed by atoms with Gasteiger partial charge in [0.05, 0.1) is 23.5 Å². The molecular formula is C24H30ClN3O7S. The summed E-state index contributed by atoms with van der Waals surface area (Å²) in [7, 11) is -3.02. The zero-order valence-electron chi connectivity index (χ0n) is 20.7. The molecule has 1 aromatic heterocycles. The second-order valence-corrected chi connectivity index (χ2v) is 11.1. The van der Waals surface area contributed by atoms with E-state index in [2.05, 4.69) is 0 Å². The molecule has 3 rings (SSSR count). The van der Waals surface area contributed by atoms with Crippen LogP contribution in [0.5, 0.6) is 0 Å². The number of nitrogens with zero attached hydrogens (tertiary/aromatic N) is 3. The molecule has 0 atom stereocenters. The SMILES string of the molecule is CCn1c(C)c(C(=O)CN(C2CCCCC2)S(=O)(=O)c2ccc(Cl)c([N+](=O)[O-])c2)c(C)c1C(=O)OC. The molecule has 36 heavy (non-hydrogen) atoms. The molecule has 0 aliphatic heterocycles. The lowest BCUT2D eigenvalue weighted by atomic mass is 9.95. The number of aromatic nitrogens is 1. The highest BCUT2D eigenvalue weighted by atomic mass is 35.5. The van der Waals surface area contributed by atoms with E-state index in [1.54, 1.807) is 18.4 Å². The molecule has 196 valence electrons. The predicted molar refractivity (Wildman–Crippen MR) is 134 cm³/mol. The highest BCUT2D eigenvalue weighted by molar-refractivity contribution is 7.89. The molecule has 10 nitrogen and oxygen atoms in total. The Morgan fingerprint density at radius 3 is 2.42 bits per heavy atom.